The summed E-state index contributed by atoms with van der Waals surface area (Å²) in [4.78, 5) is 17.4. The Morgan fingerprint density at radius 3 is 2.89 bits per heavy atom. The van der Waals surface area contributed by atoms with Gasteiger partial charge >= 0.3 is 0 Å². The summed E-state index contributed by atoms with van der Waals surface area (Å²) in [7, 11) is 3.14. The third kappa shape index (κ3) is 4.61. The molecule has 35 heavy (non-hydrogen) atoms. The summed E-state index contributed by atoms with van der Waals surface area (Å²) in [5.41, 5.74) is 11.6. The standard InChI is InChI=1S/C24H24N6O4S/c1-26-8-15(23(25)32-2)13-5-17-22(19(6-13)34-20-10-33-9-18(20)31)24(28-11-27-17)30-14-3-4-16-21(7-14)35-12-29-16/h3-8,11-12,18,20,31H,9-10,25H2,1-2H3,(H,27,28,30)/t18-,20-/m0/s1. The SMILES string of the molecule is CN=CC(=C(N)OC)c1cc(O[C@H]2COC[C@@H]2O)c2c(Nc3ccc4ncsc4c3)ncnc2c1. The van der Waals surface area contributed by atoms with Crippen LogP contribution in [0.3, 0.4) is 0 Å². The Balaban J connectivity index is 1.65. The van der Waals surface area contributed by atoms with Crippen LogP contribution in [0.25, 0.3) is 26.7 Å². The summed E-state index contributed by atoms with van der Waals surface area (Å²) >= 11 is 1.56. The van der Waals surface area contributed by atoms with Crippen molar-refractivity contribution >= 4 is 55.7 Å². The number of thiazole rings is 1. The van der Waals surface area contributed by atoms with Crippen molar-refractivity contribution in [1.82, 2.24) is 15.0 Å². The molecule has 1 fully saturated rings. The van der Waals surface area contributed by atoms with Crippen molar-refractivity contribution < 1.29 is 19.3 Å². The van der Waals surface area contributed by atoms with Gasteiger partial charge in [0.1, 0.15) is 30.1 Å². The van der Waals surface area contributed by atoms with E-state index < -0.39 is 12.2 Å². The van der Waals surface area contributed by atoms with E-state index in [4.69, 9.17) is 19.9 Å². The van der Waals surface area contributed by atoms with Gasteiger partial charge in [0.05, 0.1) is 52.5 Å². The quantitative estimate of drug-likeness (QED) is 0.262. The van der Waals surface area contributed by atoms with Gasteiger partial charge in [-0.05, 0) is 35.9 Å². The smallest absolute Gasteiger partial charge is 0.193 e. The molecule has 0 unspecified atom stereocenters. The fourth-order valence-corrected chi connectivity index (χ4v) is 4.60. The van der Waals surface area contributed by atoms with Crippen molar-refractivity contribution in [1.29, 1.82) is 0 Å². The van der Waals surface area contributed by atoms with E-state index in [0.29, 0.717) is 33.6 Å². The topological polar surface area (TPSA) is 137 Å². The summed E-state index contributed by atoms with van der Waals surface area (Å²) < 4.78 is 18.0. The van der Waals surface area contributed by atoms with Crippen LogP contribution in [0.1, 0.15) is 5.56 Å². The Labute approximate surface area is 205 Å². The summed E-state index contributed by atoms with van der Waals surface area (Å²) in [5, 5.41) is 14.4. The summed E-state index contributed by atoms with van der Waals surface area (Å²) in [6, 6.07) is 9.59. The highest BCUT2D eigenvalue weighted by Crippen LogP contribution is 2.36. The predicted molar refractivity (Wildman–Crippen MR) is 136 cm³/mol. The molecule has 0 spiro atoms. The lowest BCUT2D eigenvalue weighted by molar-refractivity contribution is 0.0743. The molecule has 4 aromatic rings. The Kier molecular flexibility index (Phi) is 6.45. The van der Waals surface area contributed by atoms with Crippen LogP contribution in [0, 0.1) is 0 Å². The average molecular weight is 493 g/mol. The molecule has 0 saturated carbocycles. The number of rotatable bonds is 7. The van der Waals surface area contributed by atoms with E-state index in [-0.39, 0.29) is 19.1 Å². The molecule has 1 saturated heterocycles. The van der Waals surface area contributed by atoms with Crippen LogP contribution in [0.4, 0.5) is 11.5 Å². The summed E-state index contributed by atoms with van der Waals surface area (Å²) in [6.45, 7) is 0.480. The van der Waals surface area contributed by atoms with Gasteiger partial charge in [0.15, 0.2) is 5.88 Å². The van der Waals surface area contributed by atoms with Crippen LogP contribution >= 0.6 is 11.3 Å². The van der Waals surface area contributed by atoms with Gasteiger partial charge in [-0.1, -0.05) is 0 Å². The number of aromatic nitrogens is 3. The third-order valence-electron chi connectivity index (χ3n) is 5.63. The van der Waals surface area contributed by atoms with Crippen molar-refractivity contribution in [3.63, 3.8) is 0 Å². The van der Waals surface area contributed by atoms with Crippen molar-refractivity contribution in [2.24, 2.45) is 10.7 Å². The van der Waals surface area contributed by atoms with Gasteiger partial charge in [-0.25, -0.2) is 15.0 Å². The number of hydrogen-bond acceptors (Lipinski definition) is 11. The van der Waals surface area contributed by atoms with E-state index in [1.165, 1.54) is 13.4 Å². The lowest BCUT2D eigenvalue weighted by Gasteiger charge is -2.20. The van der Waals surface area contributed by atoms with Gasteiger partial charge in [-0.2, -0.15) is 0 Å². The zero-order valence-corrected chi connectivity index (χ0v) is 20.0. The number of nitrogens with two attached hydrogens (primary N) is 1. The number of aliphatic hydroxyl groups excluding tert-OH is 1. The lowest BCUT2D eigenvalue weighted by Crippen LogP contribution is -2.29. The van der Waals surface area contributed by atoms with Gasteiger partial charge in [0.25, 0.3) is 0 Å². The maximum absolute atomic E-state index is 10.3. The van der Waals surface area contributed by atoms with Gasteiger partial charge in [0.2, 0.25) is 0 Å². The molecule has 0 bridgehead atoms. The first-order valence-electron chi connectivity index (χ1n) is 10.8. The number of methoxy groups -OCH3 is 1. The molecular formula is C24H24N6O4S. The van der Waals surface area contributed by atoms with Crippen molar-refractivity contribution in [3.8, 4) is 5.75 Å². The molecule has 0 amide bonds. The second-order valence-electron chi connectivity index (χ2n) is 7.88. The number of aliphatic imine (C=N–C) groups is 1. The number of benzene rings is 2. The molecule has 1 aliphatic heterocycles. The first-order chi connectivity index (χ1) is 17.1. The monoisotopic (exact) mass is 492 g/mol. The Morgan fingerprint density at radius 2 is 2.11 bits per heavy atom. The number of nitrogens with zero attached hydrogens (tertiary/aromatic N) is 4. The minimum atomic E-state index is -0.750. The van der Waals surface area contributed by atoms with Crippen LogP contribution in [-0.2, 0) is 9.47 Å². The zero-order valence-electron chi connectivity index (χ0n) is 19.1. The molecule has 0 aliphatic carbocycles. The number of aliphatic hydroxyl groups is 1. The van der Waals surface area contributed by atoms with Crippen LogP contribution in [0.15, 0.2) is 53.0 Å². The highest BCUT2D eigenvalue weighted by molar-refractivity contribution is 7.16. The van der Waals surface area contributed by atoms with E-state index in [2.05, 4.69) is 25.3 Å². The molecular weight excluding hydrogens is 468 g/mol. The molecule has 4 N–H and O–H groups in total. The molecule has 2 aromatic heterocycles. The van der Waals surface area contributed by atoms with Gasteiger partial charge < -0.3 is 30.4 Å². The molecule has 180 valence electrons. The summed E-state index contributed by atoms with van der Waals surface area (Å²) in [6.07, 6.45) is 1.80. The van der Waals surface area contributed by atoms with E-state index in [1.807, 2.05) is 35.8 Å². The van der Waals surface area contributed by atoms with E-state index >= 15 is 0 Å². The first-order valence-corrected chi connectivity index (χ1v) is 11.7. The van der Waals surface area contributed by atoms with Crippen LogP contribution in [0.2, 0.25) is 0 Å². The van der Waals surface area contributed by atoms with Crippen molar-refractivity contribution in [2.45, 2.75) is 12.2 Å². The fraction of sp³-hybridized carbons (Fsp3) is 0.250. The van der Waals surface area contributed by atoms with Crippen LogP contribution in [-0.4, -0.2) is 65.9 Å². The van der Waals surface area contributed by atoms with Crippen LogP contribution < -0.4 is 15.8 Å². The summed E-state index contributed by atoms with van der Waals surface area (Å²) in [5.74, 6) is 1.23. The largest absolute Gasteiger partial charge is 0.484 e. The van der Waals surface area contributed by atoms with Gasteiger partial charge in [-0.3, -0.25) is 4.99 Å². The van der Waals surface area contributed by atoms with Crippen LogP contribution in [0.5, 0.6) is 5.75 Å². The number of nitrogens with one attached hydrogen (secondary N) is 1. The molecule has 10 nitrogen and oxygen atoms in total. The molecule has 2 atom stereocenters. The average Bonchev–Trinajstić information content (AvgIpc) is 3.50. The van der Waals surface area contributed by atoms with E-state index in [9.17, 15) is 5.11 Å². The lowest BCUT2D eigenvalue weighted by atomic mass is 10.0. The normalized spacial score (nSPS) is 18.8. The van der Waals surface area contributed by atoms with Gasteiger partial charge in [0, 0.05) is 18.9 Å². The Bertz CT molecular complexity index is 1440. The molecule has 3 heterocycles. The number of anilines is 2. The fourth-order valence-electron chi connectivity index (χ4n) is 3.89. The number of hydrogen-bond donors (Lipinski definition) is 3. The molecule has 2 aromatic carbocycles. The number of allylic oxidation sites excluding steroid dienone is 1. The minimum absolute atomic E-state index is 0.204. The van der Waals surface area contributed by atoms with E-state index in [0.717, 1.165) is 15.9 Å². The molecule has 11 heteroatoms. The maximum atomic E-state index is 10.3. The second-order valence-corrected chi connectivity index (χ2v) is 8.77. The van der Waals surface area contributed by atoms with Crippen molar-refractivity contribution in [3.05, 3.63) is 53.6 Å². The van der Waals surface area contributed by atoms with Crippen molar-refractivity contribution in [2.75, 3.05) is 32.7 Å². The second kappa shape index (κ2) is 9.82. The Hall–Kier alpha value is -3.80. The maximum Gasteiger partial charge on any atom is 0.193 e. The molecule has 0 radical (unpaired) electrons. The Morgan fingerprint density at radius 1 is 1.23 bits per heavy atom. The number of ether oxygens (including phenoxy) is 3. The highest BCUT2D eigenvalue weighted by atomic mass is 32.1. The predicted octanol–water partition coefficient (Wildman–Crippen LogP) is 3.10. The van der Waals surface area contributed by atoms with E-state index in [1.54, 1.807) is 24.6 Å². The number of fused-ring (bicyclic) bond motifs is 2. The zero-order chi connectivity index (χ0) is 24.4. The minimum Gasteiger partial charge on any atom is -0.484 e. The van der Waals surface area contributed by atoms with Gasteiger partial charge in [-0.15, -0.1) is 11.3 Å². The molecule has 1 aliphatic rings. The third-order valence-corrected chi connectivity index (χ3v) is 6.42. The first kappa shape index (κ1) is 23.0. The highest BCUT2D eigenvalue weighted by Gasteiger charge is 2.29. The molecule has 5 rings (SSSR count).